The van der Waals surface area contributed by atoms with Gasteiger partial charge in [0.15, 0.2) is 0 Å². The van der Waals surface area contributed by atoms with Crippen LogP contribution in [0.5, 0.6) is 0 Å². The Labute approximate surface area is 152 Å². The molecular formula is C19H23N5O2. The van der Waals surface area contributed by atoms with Crippen molar-refractivity contribution in [1.82, 2.24) is 25.3 Å². The van der Waals surface area contributed by atoms with Crippen LogP contribution in [-0.4, -0.2) is 33.0 Å². The third-order valence-electron chi connectivity index (χ3n) is 4.07. The molecule has 1 amide bonds. The predicted octanol–water partition coefficient (Wildman–Crippen LogP) is 2.35. The highest BCUT2D eigenvalue weighted by atomic mass is 16.5. The summed E-state index contributed by atoms with van der Waals surface area (Å²) in [7, 11) is 1.62. The van der Waals surface area contributed by atoms with E-state index >= 15 is 0 Å². The molecule has 1 aromatic carbocycles. The maximum Gasteiger partial charge on any atom is 0.251 e. The van der Waals surface area contributed by atoms with Gasteiger partial charge in [0.1, 0.15) is 0 Å². The zero-order valence-corrected chi connectivity index (χ0v) is 15.2. The highest BCUT2D eigenvalue weighted by molar-refractivity contribution is 5.94. The highest BCUT2D eigenvalue weighted by Crippen LogP contribution is 2.10. The van der Waals surface area contributed by atoms with Gasteiger partial charge in [0.05, 0.1) is 36.8 Å². The normalized spacial score (nSPS) is 10.9. The molecule has 0 unspecified atom stereocenters. The van der Waals surface area contributed by atoms with Crippen LogP contribution in [0.15, 0.2) is 36.4 Å². The van der Waals surface area contributed by atoms with Gasteiger partial charge in [-0.15, -0.1) is 0 Å². The van der Waals surface area contributed by atoms with E-state index in [9.17, 15) is 4.79 Å². The molecule has 0 spiro atoms. The number of amides is 1. The Hall–Kier alpha value is -2.93. The van der Waals surface area contributed by atoms with Crippen molar-refractivity contribution in [3.63, 3.8) is 0 Å². The van der Waals surface area contributed by atoms with E-state index in [1.165, 1.54) is 0 Å². The molecular weight excluding hydrogens is 330 g/mol. The van der Waals surface area contributed by atoms with Crippen LogP contribution in [0.25, 0.3) is 0 Å². The van der Waals surface area contributed by atoms with Crippen LogP contribution in [0, 0.1) is 13.8 Å². The summed E-state index contributed by atoms with van der Waals surface area (Å²) < 4.78 is 6.98. The number of aromatic nitrogens is 4. The van der Waals surface area contributed by atoms with Crippen LogP contribution in [0.4, 0.5) is 0 Å². The van der Waals surface area contributed by atoms with Crippen molar-refractivity contribution >= 4 is 5.91 Å². The Morgan fingerprint density at radius 2 is 2.00 bits per heavy atom. The van der Waals surface area contributed by atoms with Gasteiger partial charge in [0.25, 0.3) is 5.91 Å². The Bertz CT molecular complexity index is 880. The van der Waals surface area contributed by atoms with Gasteiger partial charge in [-0.05, 0) is 43.7 Å². The second kappa shape index (κ2) is 7.97. The van der Waals surface area contributed by atoms with Gasteiger partial charge >= 0.3 is 0 Å². The van der Waals surface area contributed by atoms with E-state index in [-0.39, 0.29) is 5.91 Å². The van der Waals surface area contributed by atoms with Crippen LogP contribution in [0.2, 0.25) is 0 Å². The Morgan fingerprint density at radius 3 is 2.65 bits per heavy atom. The van der Waals surface area contributed by atoms with Crippen molar-refractivity contribution in [2.75, 3.05) is 7.11 Å². The highest BCUT2D eigenvalue weighted by Gasteiger charge is 2.08. The number of carbonyl (C=O) groups excluding carboxylic acids is 1. The average Bonchev–Trinajstić information content (AvgIpc) is 3.20. The van der Waals surface area contributed by atoms with Crippen molar-refractivity contribution in [3.05, 3.63) is 70.3 Å². The predicted molar refractivity (Wildman–Crippen MR) is 97.7 cm³/mol. The molecule has 3 rings (SSSR count). The van der Waals surface area contributed by atoms with Crippen LogP contribution < -0.4 is 5.32 Å². The Morgan fingerprint density at radius 1 is 1.23 bits per heavy atom. The third-order valence-corrected chi connectivity index (χ3v) is 4.07. The topological polar surface area (TPSA) is 84.8 Å². The number of benzene rings is 1. The van der Waals surface area contributed by atoms with E-state index < -0.39 is 0 Å². The number of hydrogen-bond donors (Lipinski definition) is 2. The first-order valence-corrected chi connectivity index (χ1v) is 8.45. The van der Waals surface area contributed by atoms with E-state index in [1.807, 2.05) is 48.9 Å². The Kier molecular flexibility index (Phi) is 5.48. The fourth-order valence-electron chi connectivity index (χ4n) is 2.77. The lowest BCUT2D eigenvalue weighted by Crippen LogP contribution is -2.23. The number of carbonyl (C=O) groups is 1. The second-order valence-electron chi connectivity index (χ2n) is 6.28. The van der Waals surface area contributed by atoms with Crippen molar-refractivity contribution in [1.29, 1.82) is 0 Å². The van der Waals surface area contributed by atoms with E-state index in [0.717, 1.165) is 28.3 Å². The van der Waals surface area contributed by atoms with Gasteiger partial charge in [-0.25, -0.2) is 0 Å². The number of aryl methyl sites for hydroxylation is 2. The van der Waals surface area contributed by atoms with Gasteiger partial charge in [-0.3, -0.25) is 14.6 Å². The third kappa shape index (κ3) is 4.37. The molecule has 0 atom stereocenters. The molecule has 2 N–H and O–H groups in total. The summed E-state index contributed by atoms with van der Waals surface area (Å²) in [6.07, 6.45) is 0. The molecule has 7 nitrogen and oxygen atoms in total. The lowest BCUT2D eigenvalue weighted by Gasteiger charge is -2.07. The number of H-pyrrole nitrogens is 1. The van der Waals surface area contributed by atoms with Crippen LogP contribution >= 0.6 is 0 Å². The largest absolute Gasteiger partial charge is 0.378 e. The SMILES string of the molecule is COCc1cc(CNC(=O)c2ccc(Cn3nc(C)cc3C)cc2)[nH]n1. The fourth-order valence-corrected chi connectivity index (χ4v) is 2.77. The van der Waals surface area contributed by atoms with E-state index in [2.05, 4.69) is 26.7 Å². The molecule has 0 aliphatic heterocycles. The van der Waals surface area contributed by atoms with Gasteiger partial charge in [-0.1, -0.05) is 12.1 Å². The van der Waals surface area contributed by atoms with Crippen molar-refractivity contribution in [2.24, 2.45) is 0 Å². The molecule has 136 valence electrons. The summed E-state index contributed by atoms with van der Waals surface area (Å²) in [5.41, 5.74) is 5.50. The number of hydrogen-bond acceptors (Lipinski definition) is 4. The number of aromatic amines is 1. The fraction of sp³-hybridized carbons (Fsp3) is 0.316. The Balaban J connectivity index is 1.57. The quantitative estimate of drug-likeness (QED) is 0.683. The number of methoxy groups -OCH3 is 1. The minimum atomic E-state index is -0.120. The first-order chi connectivity index (χ1) is 12.5. The first kappa shape index (κ1) is 17.9. The first-order valence-electron chi connectivity index (χ1n) is 8.45. The van der Waals surface area contributed by atoms with Gasteiger partial charge in [0.2, 0.25) is 0 Å². The van der Waals surface area contributed by atoms with Crippen LogP contribution in [0.1, 0.15) is 38.7 Å². The average molecular weight is 353 g/mol. The molecule has 0 aliphatic carbocycles. The van der Waals surface area contributed by atoms with Crippen molar-refractivity contribution in [3.8, 4) is 0 Å². The molecule has 2 heterocycles. The smallest absolute Gasteiger partial charge is 0.251 e. The summed E-state index contributed by atoms with van der Waals surface area (Å²) in [6, 6.07) is 11.5. The maximum absolute atomic E-state index is 12.3. The van der Waals surface area contributed by atoms with Gasteiger partial charge < -0.3 is 10.1 Å². The van der Waals surface area contributed by atoms with Crippen molar-refractivity contribution in [2.45, 2.75) is 33.5 Å². The van der Waals surface area contributed by atoms with Crippen LogP contribution in [-0.2, 0) is 24.4 Å². The number of ether oxygens (including phenoxy) is 1. The van der Waals surface area contributed by atoms with E-state index in [0.29, 0.717) is 25.3 Å². The number of nitrogens with zero attached hydrogens (tertiary/aromatic N) is 3. The zero-order valence-electron chi connectivity index (χ0n) is 15.2. The summed E-state index contributed by atoms with van der Waals surface area (Å²) in [5, 5.41) is 14.3. The lowest BCUT2D eigenvalue weighted by molar-refractivity contribution is 0.0950. The molecule has 26 heavy (non-hydrogen) atoms. The van der Waals surface area contributed by atoms with E-state index in [4.69, 9.17) is 4.74 Å². The van der Waals surface area contributed by atoms with Gasteiger partial charge in [-0.2, -0.15) is 10.2 Å². The molecule has 0 radical (unpaired) electrons. The van der Waals surface area contributed by atoms with Crippen LogP contribution in [0.3, 0.4) is 0 Å². The summed E-state index contributed by atoms with van der Waals surface area (Å²) in [4.78, 5) is 12.3. The lowest BCUT2D eigenvalue weighted by atomic mass is 10.1. The minimum absolute atomic E-state index is 0.120. The molecule has 0 saturated carbocycles. The molecule has 0 bridgehead atoms. The minimum Gasteiger partial charge on any atom is -0.378 e. The molecule has 2 aromatic heterocycles. The second-order valence-corrected chi connectivity index (χ2v) is 6.28. The molecule has 7 heteroatoms. The molecule has 0 aliphatic rings. The van der Waals surface area contributed by atoms with Gasteiger partial charge in [0, 0.05) is 18.4 Å². The summed E-state index contributed by atoms with van der Waals surface area (Å²) in [5.74, 6) is -0.120. The monoisotopic (exact) mass is 353 g/mol. The van der Waals surface area contributed by atoms with Crippen molar-refractivity contribution < 1.29 is 9.53 Å². The molecule has 0 saturated heterocycles. The molecule has 3 aromatic rings. The number of nitrogens with one attached hydrogen (secondary N) is 2. The zero-order chi connectivity index (χ0) is 18.5. The summed E-state index contributed by atoms with van der Waals surface area (Å²) in [6.45, 7) is 5.55. The molecule has 0 fully saturated rings. The number of rotatable bonds is 7. The maximum atomic E-state index is 12.3. The van der Waals surface area contributed by atoms with E-state index in [1.54, 1.807) is 7.11 Å². The standard InChI is InChI=1S/C19H23N5O2/c1-13-8-14(2)24(23-13)11-15-4-6-16(7-5-15)19(25)20-10-17-9-18(12-26-3)22-21-17/h4-9H,10-12H2,1-3H3,(H,20,25)(H,21,22). The summed E-state index contributed by atoms with van der Waals surface area (Å²) >= 11 is 0.